The predicted molar refractivity (Wildman–Crippen MR) is 101 cm³/mol. The molecule has 2 fully saturated rings. The molecule has 2 amide bonds. The van der Waals surface area contributed by atoms with E-state index in [0.29, 0.717) is 24.7 Å². The van der Waals surface area contributed by atoms with Crippen molar-refractivity contribution in [2.45, 2.75) is 25.7 Å². The van der Waals surface area contributed by atoms with Crippen molar-refractivity contribution in [1.82, 2.24) is 20.0 Å². The molecule has 2 saturated heterocycles. The third-order valence-electron chi connectivity index (χ3n) is 4.79. The molecular weight excluding hydrogens is 351 g/mol. The van der Waals surface area contributed by atoms with Gasteiger partial charge < -0.3 is 15.1 Å². The Morgan fingerprint density at radius 1 is 1.08 bits per heavy atom. The highest BCUT2D eigenvalue weighted by molar-refractivity contribution is 5.85. The van der Waals surface area contributed by atoms with Crippen LogP contribution < -0.4 is 5.32 Å². The lowest BCUT2D eigenvalue weighted by atomic mass is 10.0. The first-order valence-corrected chi connectivity index (χ1v) is 8.47. The fourth-order valence-electron chi connectivity index (χ4n) is 3.14. The summed E-state index contributed by atoms with van der Waals surface area (Å²) in [6, 6.07) is 0. The molecule has 0 bridgehead atoms. The number of halogens is 2. The van der Waals surface area contributed by atoms with Gasteiger partial charge in [-0.2, -0.15) is 0 Å². The van der Waals surface area contributed by atoms with Gasteiger partial charge in [0.15, 0.2) is 0 Å². The van der Waals surface area contributed by atoms with Crippen molar-refractivity contribution in [3.63, 3.8) is 0 Å². The van der Waals surface area contributed by atoms with Gasteiger partial charge >= 0.3 is 0 Å². The minimum Gasteiger partial charge on any atom is -0.349 e. The van der Waals surface area contributed by atoms with Gasteiger partial charge in [0.05, 0.1) is 0 Å². The van der Waals surface area contributed by atoms with E-state index in [1.165, 1.54) is 6.42 Å². The van der Waals surface area contributed by atoms with Gasteiger partial charge in [0.25, 0.3) is 0 Å². The summed E-state index contributed by atoms with van der Waals surface area (Å²) < 4.78 is 0. The molecule has 1 atom stereocenters. The number of piperazine rings is 1. The maximum Gasteiger partial charge on any atom is 0.223 e. The maximum atomic E-state index is 12.2. The summed E-state index contributed by atoms with van der Waals surface area (Å²) in [7, 11) is 3.58. The molecule has 0 aromatic heterocycles. The molecule has 2 heterocycles. The number of hydrogen-bond donors (Lipinski definition) is 1. The van der Waals surface area contributed by atoms with Crippen molar-refractivity contribution in [2.24, 2.45) is 5.92 Å². The van der Waals surface area contributed by atoms with Crippen LogP contribution in [0.1, 0.15) is 25.7 Å². The molecule has 0 spiro atoms. The van der Waals surface area contributed by atoms with Crippen LogP contribution in [0.2, 0.25) is 0 Å². The summed E-state index contributed by atoms with van der Waals surface area (Å²) in [4.78, 5) is 29.8. The number of rotatable bonds is 6. The molecule has 2 aliphatic rings. The van der Waals surface area contributed by atoms with E-state index in [9.17, 15) is 9.59 Å². The largest absolute Gasteiger partial charge is 0.349 e. The van der Waals surface area contributed by atoms with Crippen molar-refractivity contribution in [3.8, 4) is 0 Å². The van der Waals surface area contributed by atoms with Crippen LogP contribution in [0.25, 0.3) is 0 Å². The quantitative estimate of drug-likeness (QED) is 0.739. The zero-order valence-electron chi connectivity index (χ0n) is 14.8. The van der Waals surface area contributed by atoms with Crippen molar-refractivity contribution in [2.75, 3.05) is 59.9 Å². The van der Waals surface area contributed by atoms with Crippen LogP contribution in [-0.2, 0) is 9.59 Å². The maximum absolute atomic E-state index is 12.2. The van der Waals surface area contributed by atoms with E-state index in [2.05, 4.69) is 10.2 Å². The minimum atomic E-state index is 0. The van der Waals surface area contributed by atoms with E-state index in [-0.39, 0.29) is 30.7 Å². The minimum absolute atomic E-state index is 0. The number of hydrogen-bond acceptors (Lipinski definition) is 4. The molecular formula is C16H32Cl2N4O2. The van der Waals surface area contributed by atoms with Gasteiger partial charge in [-0.3, -0.25) is 14.5 Å². The molecule has 24 heavy (non-hydrogen) atoms. The van der Waals surface area contributed by atoms with Crippen LogP contribution in [-0.4, -0.2) is 86.4 Å². The van der Waals surface area contributed by atoms with Crippen LogP contribution >= 0.6 is 24.8 Å². The van der Waals surface area contributed by atoms with Gasteiger partial charge in [-0.15, -0.1) is 24.8 Å². The molecule has 8 heteroatoms. The molecule has 1 unspecified atom stereocenters. The fraction of sp³-hybridized carbons (Fsp3) is 0.875. The molecule has 6 nitrogen and oxygen atoms in total. The normalized spacial score (nSPS) is 20.9. The third-order valence-corrected chi connectivity index (χ3v) is 4.79. The van der Waals surface area contributed by atoms with Gasteiger partial charge in [-0.05, 0) is 31.8 Å². The lowest BCUT2D eigenvalue weighted by Crippen LogP contribution is -2.49. The Bertz CT molecular complexity index is 382. The van der Waals surface area contributed by atoms with Crippen LogP contribution in [0.15, 0.2) is 0 Å². The average Bonchev–Trinajstić information content (AvgIpc) is 3.04. The Balaban J connectivity index is 0.00000264. The number of carbonyl (C=O) groups excluding carboxylic acids is 2. The topological polar surface area (TPSA) is 55.9 Å². The Morgan fingerprint density at radius 3 is 2.29 bits per heavy atom. The highest BCUT2D eigenvalue weighted by Gasteiger charge is 2.23. The molecule has 0 aromatic carbocycles. The molecule has 2 aliphatic heterocycles. The summed E-state index contributed by atoms with van der Waals surface area (Å²) in [5.41, 5.74) is 0. The predicted octanol–water partition coefficient (Wildman–Crippen LogP) is 0.842. The smallest absolute Gasteiger partial charge is 0.223 e. The second-order valence-electron chi connectivity index (χ2n) is 6.66. The highest BCUT2D eigenvalue weighted by Crippen LogP contribution is 2.15. The van der Waals surface area contributed by atoms with Gasteiger partial charge in [-0.1, -0.05) is 0 Å². The van der Waals surface area contributed by atoms with E-state index in [1.807, 2.05) is 4.90 Å². The zero-order chi connectivity index (χ0) is 15.9. The number of nitrogens with one attached hydrogen (secondary N) is 1. The molecule has 1 N–H and O–H groups in total. The van der Waals surface area contributed by atoms with Crippen molar-refractivity contribution in [3.05, 3.63) is 0 Å². The Kier molecular flexibility index (Phi) is 11.6. The van der Waals surface area contributed by atoms with Crippen molar-refractivity contribution < 1.29 is 9.59 Å². The highest BCUT2D eigenvalue weighted by atomic mass is 35.5. The first kappa shape index (κ1) is 23.4. The number of amides is 2. The van der Waals surface area contributed by atoms with Crippen LogP contribution in [0.4, 0.5) is 0 Å². The van der Waals surface area contributed by atoms with E-state index in [4.69, 9.17) is 0 Å². The Hall–Kier alpha value is -0.560. The third kappa shape index (κ3) is 7.55. The monoisotopic (exact) mass is 382 g/mol. The molecule has 0 saturated carbocycles. The van der Waals surface area contributed by atoms with Crippen molar-refractivity contribution >= 4 is 36.6 Å². The summed E-state index contributed by atoms with van der Waals surface area (Å²) in [6.45, 7) is 6.35. The van der Waals surface area contributed by atoms with Crippen LogP contribution in [0.3, 0.4) is 0 Å². The van der Waals surface area contributed by atoms with Gasteiger partial charge in [-0.25, -0.2) is 0 Å². The number of carbonyl (C=O) groups is 2. The summed E-state index contributed by atoms with van der Waals surface area (Å²) in [5.74, 6) is 1.15. The summed E-state index contributed by atoms with van der Waals surface area (Å²) in [6.07, 6.45) is 3.48. The lowest BCUT2D eigenvalue weighted by Gasteiger charge is -2.35. The Morgan fingerprint density at radius 2 is 1.75 bits per heavy atom. The first-order valence-electron chi connectivity index (χ1n) is 8.47. The molecule has 142 valence electrons. The zero-order valence-corrected chi connectivity index (χ0v) is 16.5. The molecule has 0 aliphatic carbocycles. The van der Waals surface area contributed by atoms with E-state index < -0.39 is 0 Å². The fourth-order valence-corrected chi connectivity index (χ4v) is 3.14. The summed E-state index contributed by atoms with van der Waals surface area (Å²) >= 11 is 0. The van der Waals surface area contributed by atoms with Gasteiger partial charge in [0.1, 0.15) is 0 Å². The first-order chi connectivity index (χ1) is 10.6. The van der Waals surface area contributed by atoms with Crippen molar-refractivity contribution in [1.29, 1.82) is 0 Å². The van der Waals surface area contributed by atoms with Crippen LogP contribution in [0, 0.1) is 5.92 Å². The molecule has 0 aromatic rings. The van der Waals surface area contributed by atoms with E-state index in [1.54, 1.807) is 19.0 Å². The van der Waals surface area contributed by atoms with Crippen LogP contribution in [0.5, 0.6) is 0 Å². The van der Waals surface area contributed by atoms with E-state index >= 15 is 0 Å². The standard InChI is InChI=1S/C16H30N4O2.2ClH/c1-18(2)15(21)6-8-19-9-11-20(12-10-19)16(22)4-3-14-5-7-17-13-14;;/h14,17H,3-13H2,1-2H3;2*1H. The average molecular weight is 383 g/mol. The molecule has 0 radical (unpaired) electrons. The van der Waals surface area contributed by atoms with E-state index in [0.717, 1.165) is 52.2 Å². The Labute approximate surface area is 158 Å². The molecule has 2 rings (SSSR count). The van der Waals surface area contributed by atoms with Gasteiger partial charge in [0, 0.05) is 59.7 Å². The second-order valence-corrected chi connectivity index (χ2v) is 6.66. The van der Waals surface area contributed by atoms with Gasteiger partial charge in [0.2, 0.25) is 11.8 Å². The summed E-state index contributed by atoms with van der Waals surface area (Å²) in [5, 5.41) is 3.35. The SMILES string of the molecule is CN(C)C(=O)CCN1CCN(C(=O)CCC2CCNC2)CC1.Cl.Cl. The number of nitrogens with zero attached hydrogens (tertiary/aromatic N) is 3. The lowest BCUT2D eigenvalue weighted by molar-refractivity contribution is -0.134. The second kappa shape index (κ2) is 11.9.